The van der Waals surface area contributed by atoms with Crippen LogP contribution in [-0.4, -0.2) is 35.9 Å². The van der Waals surface area contributed by atoms with Crippen LogP contribution in [0.3, 0.4) is 0 Å². The average Bonchev–Trinajstić information content (AvgIpc) is 3.14. The Morgan fingerprint density at radius 2 is 2.04 bits per heavy atom. The normalized spacial score (nSPS) is 18.7. The van der Waals surface area contributed by atoms with Gasteiger partial charge in [-0.3, -0.25) is 14.5 Å². The molecule has 1 N–H and O–H groups in total. The largest absolute Gasteiger partial charge is 0.350 e. The number of rotatable bonds is 4. The Labute approximate surface area is 146 Å². The molecule has 1 fully saturated rings. The van der Waals surface area contributed by atoms with Gasteiger partial charge in [-0.15, -0.1) is 0 Å². The summed E-state index contributed by atoms with van der Waals surface area (Å²) in [6.07, 6.45) is 3.52. The molecule has 2 aromatic rings. The molecule has 1 atom stereocenters. The minimum Gasteiger partial charge on any atom is -0.350 e. The van der Waals surface area contributed by atoms with Crippen LogP contribution < -0.4 is 15.1 Å². The number of carbonyl (C=O) groups excluding carboxylic acids is 2. The Balaban J connectivity index is 1.50. The van der Waals surface area contributed by atoms with Crippen LogP contribution in [0.5, 0.6) is 0 Å². The summed E-state index contributed by atoms with van der Waals surface area (Å²) in [5.41, 5.74) is 1.75. The van der Waals surface area contributed by atoms with E-state index in [-0.39, 0.29) is 24.4 Å². The number of amides is 2. The molecule has 0 unspecified atom stereocenters. The van der Waals surface area contributed by atoms with Crippen LogP contribution in [0.1, 0.15) is 18.4 Å². The number of nitrogens with zero attached hydrogens (tertiary/aromatic N) is 3. The molecule has 25 heavy (non-hydrogen) atoms. The number of hydrogen-bond donors (Lipinski definition) is 1. The number of anilines is 2. The summed E-state index contributed by atoms with van der Waals surface area (Å²) in [5, 5.41) is 2.89. The van der Waals surface area contributed by atoms with Gasteiger partial charge in [0.1, 0.15) is 12.6 Å². The van der Waals surface area contributed by atoms with Crippen LogP contribution in [0.4, 0.5) is 11.5 Å². The molecule has 0 spiro atoms. The highest BCUT2D eigenvalue weighted by molar-refractivity contribution is 6.07. The van der Waals surface area contributed by atoms with E-state index in [1.54, 1.807) is 17.2 Å². The average molecular weight is 336 g/mol. The Hall–Kier alpha value is -2.89. The van der Waals surface area contributed by atoms with Crippen molar-refractivity contribution in [3.8, 4) is 0 Å². The molecule has 1 aromatic carbocycles. The lowest BCUT2D eigenvalue weighted by atomic mass is 10.1. The van der Waals surface area contributed by atoms with Crippen molar-refractivity contribution < 1.29 is 9.59 Å². The molecule has 6 heteroatoms. The van der Waals surface area contributed by atoms with Gasteiger partial charge in [-0.05, 0) is 30.5 Å². The smallest absolute Gasteiger partial charge is 0.250 e. The van der Waals surface area contributed by atoms with Crippen molar-refractivity contribution in [2.24, 2.45) is 0 Å². The molecule has 2 amide bonds. The lowest BCUT2D eigenvalue weighted by Gasteiger charge is -2.38. The van der Waals surface area contributed by atoms with Gasteiger partial charge in [0.25, 0.3) is 0 Å². The minimum absolute atomic E-state index is 0.00661. The Morgan fingerprint density at radius 1 is 1.20 bits per heavy atom. The van der Waals surface area contributed by atoms with Crippen molar-refractivity contribution in [3.05, 3.63) is 54.2 Å². The number of aromatic nitrogens is 1. The zero-order valence-corrected chi connectivity index (χ0v) is 13.9. The standard InChI is InChI=1S/C19H20N4O2/c24-17(21-12-14-6-2-1-3-7-14)13-23-15-8-4-10-20-18(15)22-11-5-9-16(22)19(23)25/h1-4,6-8,10,16H,5,9,11-13H2,(H,21,24)/t16-/m1/s1. The van der Waals surface area contributed by atoms with Crippen LogP contribution >= 0.6 is 0 Å². The van der Waals surface area contributed by atoms with Crippen LogP contribution in [0.15, 0.2) is 48.7 Å². The Bertz CT molecular complexity index is 793. The summed E-state index contributed by atoms with van der Waals surface area (Å²) in [4.78, 5) is 33.3. The monoisotopic (exact) mass is 336 g/mol. The van der Waals surface area contributed by atoms with Crippen molar-refractivity contribution >= 4 is 23.3 Å². The fraction of sp³-hybridized carbons (Fsp3) is 0.316. The number of carbonyl (C=O) groups is 2. The molecule has 3 heterocycles. The van der Waals surface area contributed by atoms with E-state index in [2.05, 4.69) is 15.2 Å². The molecule has 128 valence electrons. The summed E-state index contributed by atoms with van der Waals surface area (Å²) in [7, 11) is 0. The number of benzene rings is 1. The molecule has 6 nitrogen and oxygen atoms in total. The molecule has 1 saturated heterocycles. The summed E-state index contributed by atoms with van der Waals surface area (Å²) in [6, 6.07) is 13.2. The Kier molecular flexibility index (Phi) is 4.09. The second-order valence-electron chi connectivity index (χ2n) is 6.38. The topological polar surface area (TPSA) is 65.5 Å². The van der Waals surface area contributed by atoms with Crippen LogP contribution in [0.2, 0.25) is 0 Å². The number of nitrogens with one attached hydrogen (secondary N) is 1. The first-order valence-corrected chi connectivity index (χ1v) is 8.58. The van der Waals surface area contributed by atoms with E-state index in [9.17, 15) is 9.59 Å². The molecule has 0 bridgehead atoms. The van der Waals surface area contributed by atoms with Crippen molar-refractivity contribution in [1.29, 1.82) is 0 Å². The van der Waals surface area contributed by atoms with Crippen molar-refractivity contribution in [1.82, 2.24) is 10.3 Å². The van der Waals surface area contributed by atoms with E-state index in [1.807, 2.05) is 36.4 Å². The van der Waals surface area contributed by atoms with Crippen LogP contribution in [-0.2, 0) is 16.1 Å². The second-order valence-corrected chi connectivity index (χ2v) is 6.38. The lowest BCUT2D eigenvalue weighted by molar-refractivity contribution is -0.124. The van der Waals surface area contributed by atoms with E-state index in [1.165, 1.54) is 0 Å². The van der Waals surface area contributed by atoms with Crippen molar-refractivity contribution in [2.75, 3.05) is 22.9 Å². The summed E-state index contributed by atoms with van der Waals surface area (Å²) in [5.74, 6) is 0.631. The van der Waals surface area contributed by atoms with Gasteiger partial charge in [0.15, 0.2) is 5.82 Å². The van der Waals surface area contributed by atoms with Gasteiger partial charge in [0.2, 0.25) is 11.8 Å². The van der Waals surface area contributed by atoms with Gasteiger partial charge in [-0.1, -0.05) is 30.3 Å². The number of pyridine rings is 1. The fourth-order valence-electron chi connectivity index (χ4n) is 3.56. The third kappa shape index (κ3) is 2.95. The predicted molar refractivity (Wildman–Crippen MR) is 95.2 cm³/mol. The second kappa shape index (κ2) is 6.55. The summed E-state index contributed by atoms with van der Waals surface area (Å²) < 4.78 is 0. The maximum absolute atomic E-state index is 12.9. The van der Waals surface area contributed by atoms with Gasteiger partial charge < -0.3 is 10.2 Å². The summed E-state index contributed by atoms with van der Waals surface area (Å²) in [6.45, 7) is 1.32. The highest BCUT2D eigenvalue weighted by Gasteiger charge is 2.41. The molecule has 1 aromatic heterocycles. The Morgan fingerprint density at radius 3 is 2.88 bits per heavy atom. The van der Waals surface area contributed by atoms with Gasteiger partial charge in [0, 0.05) is 19.3 Å². The van der Waals surface area contributed by atoms with Gasteiger partial charge >= 0.3 is 0 Å². The molecule has 2 aliphatic rings. The van der Waals surface area contributed by atoms with E-state index >= 15 is 0 Å². The highest BCUT2D eigenvalue weighted by atomic mass is 16.2. The third-order valence-electron chi connectivity index (χ3n) is 4.77. The lowest BCUT2D eigenvalue weighted by Crippen LogP contribution is -2.53. The zero-order chi connectivity index (χ0) is 17.2. The fourth-order valence-corrected chi connectivity index (χ4v) is 3.56. The van der Waals surface area contributed by atoms with E-state index in [0.717, 1.165) is 36.5 Å². The first-order valence-electron chi connectivity index (χ1n) is 8.58. The molecule has 0 saturated carbocycles. The number of hydrogen-bond acceptors (Lipinski definition) is 4. The third-order valence-corrected chi connectivity index (χ3v) is 4.77. The van der Waals surface area contributed by atoms with Crippen LogP contribution in [0, 0.1) is 0 Å². The maximum atomic E-state index is 12.9. The molecule has 4 rings (SSSR count). The van der Waals surface area contributed by atoms with Gasteiger partial charge in [-0.2, -0.15) is 0 Å². The first-order chi connectivity index (χ1) is 12.2. The summed E-state index contributed by atoms with van der Waals surface area (Å²) >= 11 is 0. The molecular weight excluding hydrogens is 316 g/mol. The highest BCUT2D eigenvalue weighted by Crippen LogP contribution is 2.37. The molecule has 0 radical (unpaired) electrons. The SMILES string of the molecule is O=C(CN1C(=O)[C@H]2CCCN2c2ncccc21)NCc1ccccc1. The first kappa shape index (κ1) is 15.6. The van der Waals surface area contributed by atoms with Gasteiger partial charge in [-0.25, -0.2) is 4.98 Å². The molecule has 2 aliphatic heterocycles. The maximum Gasteiger partial charge on any atom is 0.250 e. The van der Waals surface area contributed by atoms with Crippen molar-refractivity contribution in [2.45, 2.75) is 25.4 Å². The van der Waals surface area contributed by atoms with E-state index in [0.29, 0.717) is 6.54 Å². The molecule has 0 aliphatic carbocycles. The van der Waals surface area contributed by atoms with Crippen molar-refractivity contribution in [3.63, 3.8) is 0 Å². The minimum atomic E-state index is -0.190. The zero-order valence-electron chi connectivity index (χ0n) is 13.9. The van der Waals surface area contributed by atoms with E-state index < -0.39 is 0 Å². The van der Waals surface area contributed by atoms with Crippen LogP contribution in [0.25, 0.3) is 0 Å². The van der Waals surface area contributed by atoms with E-state index in [4.69, 9.17) is 0 Å². The van der Waals surface area contributed by atoms with Gasteiger partial charge in [0.05, 0.1) is 5.69 Å². The quantitative estimate of drug-likeness (QED) is 0.923. The number of fused-ring (bicyclic) bond motifs is 3. The molecular formula is C19H20N4O2. The predicted octanol–water partition coefficient (Wildman–Crippen LogP) is 1.71.